The third-order valence-electron chi connectivity index (χ3n) is 4.46. The molecule has 0 aliphatic carbocycles. The van der Waals surface area contributed by atoms with Gasteiger partial charge in [0.25, 0.3) is 5.56 Å². The van der Waals surface area contributed by atoms with Gasteiger partial charge in [0.15, 0.2) is 4.77 Å². The number of rotatable bonds is 5. The van der Waals surface area contributed by atoms with Crippen molar-refractivity contribution in [3.63, 3.8) is 0 Å². The average Bonchev–Trinajstić information content (AvgIpc) is 2.78. The molecule has 6 nitrogen and oxygen atoms in total. The first kappa shape index (κ1) is 19.4. The van der Waals surface area contributed by atoms with E-state index in [-0.39, 0.29) is 16.2 Å². The van der Waals surface area contributed by atoms with E-state index >= 15 is 0 Å². The van der Waals surface area contributed by atoms with E-state index in [9.17, 15) is 9.90 Å². The Bertz CT molecular complexity index is 1300. The van der Waals surface area contributed by atoms with Crippen molar-refractivity contribution in [1.82, 2.24) is 9.13 Å². The molecular formula is C23H18N4O2S. The Hall–Kier alpha value is -3.97. The second kappa shape index (κ2) is 8.59. The normalized spacial score (nSPS) is 10.9. The van der Waals surface area contributed by atoms with Crippen LogP contribution in [-0.2, 0) is 0 Å². The summed E-state index contributed by atoms with van der Waals surface area (Å²) in [6, 6.07) is 27.5. The van der Waals surface area contributed by atoms with Crippen molar-refractivity contribution in [1.29, 1.82) is 0 Å². The molecule has 0 aliphatic rings. The summed E-state index contributed by atoms with van der Waals surface area (Å²) in [5, 5.41) is 15.1. The Morgan fingerprint density at radius 2 is 1.30 bits per heavy atom. The maximum Gasteiger partial charge on any atom is 0.271 e. The highest BCUT2D eigenvalue weighted by Crippen LogP contribution is 2.21. The number of anilines is 1. The number of hydrogen-bond acceptors (Lipinski definition) is 5. The molecule has 7 heteroatoms. The third-order valence-corrected chi connectivity index (χ3v) is 4.82. The summed E-state index contributed by atoms with van der Waals surface area (Å²) in [4.78, 5) is 13.2. The summed E-state index contributed by atoms with van der Waals surface area (Å²) in [5.41, 5.74) is 4.40. The van der Waals surface area contributed by atoms with Crippen LogP contribution in [0.25, 0.3) is 11.4 Å². The third kappa shape index (κ3) is 3.78. The summed E-state index contributed by atoms with van der Waals surface area (Å²) in [5.74, 6) is -0.276. The van der Waals surface area contributed by atoms with Crippen LogP contribution in [0.3, 0.4) is 0 Å². The highest BCUT2D eigenvalue weighted by atomic mass is 32.1. The lowest BCUT2D eigenvalue weighted by molar-refractivity contribution is 0.430. The number of para-hydroxylation sites is 3. The summed E-state index contributed by atoms with van der Waals surface area (Å²) in [6.45, 7) is 0. The topological polar surface area (TPSA) is 71.6 Å². The van der Waals surface area contributed by atoms with E-state index in [1.165, 1.54) is 15.3 Å². The van der Waals surface area contributed by atoms with Gasteiger partial charge in [0, 0.05) is 0 Å². The van der Waals surface area contributed by atoms with Gasteiger partial charge in [0.05, 0.1) is 23.3 Å². The van der Waals surface area contributed by atoms with E-state index in [0.29, 0.717) is 11.4 Å². The van der Waals surface area contributed by atoms with Crippen LogP contribution in [0.1, 0.15) is 5.56 Å². The quantitative estimate of drug-likeness (QED) is 0.286. The molecule has 0 saturated carbocycles. The van der Waals surface area contributed by atoms with Crippen molar-refractivity contribution in [3.8, 4) is 17.3 Å². The Morgan fingerprint density at radius 3 is 1.87 bits per heavy atom. The van der Waals surface area contributed by atoms with Crippen LogP contribution in [0, 0.1) is 4.77 Å². The van der Waals surface area contributed by atoms with Crippen molar-refractivity contribution in [2.45, 2.75) is 0 Å². The zero-order chi connectivity index (χ0) is 20.9. The monoisotopic (exact) mass is 414 g/mol. The van der Waals surface area contributed by atoms with Crippen molar-refractivity contribution in [2.24, 2.45) is 5.10 Å². The molecule has 0 saturated heterocycles. The van der Waals surface area contributed by atoms with E-state index in [1.807, 2.05) is 66.7 Å². The van der Waals surface area contributed by atoms with Crippen LogP contribution in [0.5, 0.6) is 5.88 Å². The highest BCUT2D eigenvalue weighted by Gasteiger charge is 2.17. The minimum atomic E-state index is -0.463. The van der Waals surface area contributed by atoms with Gasteiger partial charge in [0.2, 0.25) is 5.88 Å². The van der Waals surface area contributed by atoms with Crippen molar-refractivity contribution >= 4 is 24.1 Å². The van der Waals surface area contributed by atoms with Crippen LogP contribution in [0.2, 0.25) is 0 Å². The van der Waals surface area contributed by atoms with E-state index in [2.05, 4.69) is 10.5 Å². The second-order valence-corrected chi connectivity index (χ2v) is 6.77. The second-order valence-electron chi connectivity index (χ2n) is 6.40. The van der Waals surface area contributed by atoms with E-state index in [0.717, 1.165) is 5.69 Å². The van der Waals surface area contributed by atoms with Crippen LogP contribution >= 0.6 is 12.2 Å². The Balaban J connectivity index is 1.91. The lowest BCUT2D eigenvalue weighted by Gasteiger charge is -2.16. The molecule has 0 radical (unpaired) electrons. The molecule has 1 heterocycles. The predicted octanol–water partition coefficient (Wildman–Crippen LogP) is 4.51. The number of aromatic nitrogens is 2. The fourth-order valence-corrected chi connectivity index (χ4v) is 3.41. The van der Waals surface area contributed by atoms with Gasteiger partial charge in [-0.3, -0.25) is 19.4 Å². The molecule has 0 bridgehead atoms. The van der Waals surface area contributed by atoms with E-state index < -0.39 is 5.56 Å². The molecule has 0 spiro atoms. The Kier molecular flexibility index (Phi) is 5.54. The van der Waals surface area contributed by atoms with Gasteiger partial charge in [-0.2, -0.15) is 5.10 Å². The molecule has 1 aromatic heterocycles. The van der Waals surface area contributed by atoms with Crippen molar-refractivity contribution in [3.05, 3.63) is 112 Å². The van der Waals surface area contributed by atoms with Gasteiger partial charge in [0.1, 0.15) is 5.56 Å². The minimum Gasteiger partial charge on any atom is -0.494 e. The lowest BCUT2D eigenvalue weighted by Crippen LogP contribution is -2.27. The molecule has 0 fully saturated rings. The van der Waals surface area contributed by atoms with Crippen LogP contribution in [0.15, 0.2) is 101 Å². The maximum atomic E-state index is 13.2. The van der Waals surface area contributed by atoms with Crippen molar-refractivity contribution < 1.29 is 5.11 Å². The molecule has 0 atom stereocenters. The Labute approximate surface area is 178 Å². The zero-order valence-corrected chi connectivity index (χ0v) is 16.7. The summed E-state index contributed by atoms with van der Waals surface area (Å²) in [6.07, 6.45) is 1.30. The first-order valence-electron chi connectivity index (χ1n) is 9.23. The minimum absolute atomic E-state index is 0.0136. The largest absolute Gasteiger partial charge is 0.494 e. The van der Waals surface area contributed by atoms with Gasteiger partial charge < -0.3 is 5.11 Å². The SMILES string of the molecule is O=c1c(/C=N/Nc2ccccc2)c(O)n(-c2ccccc2)c(=S)n1-c1ccccc1. The smallest absolute Gasteiger partial charge is 0.271 e. The van der Waals surface area contributed by atoms with Crippen LogP contribution in [-0.4, -0.2) is 20.5 Å². The number of benzene rings is 3. The van der Waals surface area contributed by atoms with E-state index in [1.54, 1.807) is 24.3 Å². The molecule has 4 aromatic rings. The first-order valence-corrected chi connectivity index (χ1v) is 9.63. The standard InChI is InChI=1S/C23H18N4O2S/c28-21-20(16-24-25-17-10-4-1-5-11-17)22(29)27(19-14-8-3-9-15-19)23(30)26(21)18-12-6-2-7-13-18/h1-16,25,28H/b24-16+. The number of aromatic hydroxyl groups is 1. The highest BCUT2D eigenvalue weighted by molar-refractivity contribution is 7.71. The van der Waals surface area contributed by atoms with Crippen LogP contribution in [0.4, 0.5) is 5.69 Å². The van der Waals surface area contributed by atoms with Gasteiger partial charge >= 0.3 is 0 Å². The zero-order valence-electron chi connectivity index (χ0n) is 15.8. The van der Waals surface area contributed by atoms with Gasteiger partial charge in [-0.15, -0.1) is 0 Å². The van der Waals surface area contributed by atoms with Gasteiger partial charge in [-0.1, -0.05) is 54.6 Å². The molecule has 0 amide bonds. The molecule has 148 valence electrons. The first-order chi connectivity index (χ1) is 14.7. The Morgan fingerprint density at radius 1 is 0.800 bits per heavy atom. The number of hydrogen-bond donors (Lipinski definition) is 2. The molecule has 0 unspecified atom stereocenters. The van der Waals surface area contributed by atoms with Gasteiger partial charge in [-0.25, -0.2) is 0 Å². The maximum absolute atomic E-state index is 13.2. The van der Waals surface area contributed by atoms with Crippen LogP contribution < -0.4 is 11.0 Å². The molecule has 3 aromatic carbocycles. The summed E-state index contributed by atoms with van der Waals surface area (Å²) in [7, 11) is 0. The molecule has 2 N–H and O–H groups in total. The van der Waals surface area contributed by atoms with Gasteiger partial charge in [-0.05, 0) is 48.6 Å². The fourth-order valence-electron chi connectivity index (χ4n) is 3.03. The number of nitrogens with zero attached hydrogens (tertiary/aromatic N) is 3. The molecule has 4 rings (SSSR count). The van der Waals surface area contributed by atoms with Crippen molar-refractivity contribution in [2.75, 3.05) is 5.43 Å². The number of hydrazone groups is 1. The fraction of sp³-hybridized carbons (Fsp3) is 0. The average molecular weight is 414 g/mol. The molecular weight excluding hydrogens is 396 g/mol. The lowest BCUT2D eigenvalue weighted by atomic mass is 10.2. The summed E-state index contributed by atoms with van der Waals surface area (Å²) >= 11 is 5.59. The predicted molar refractivity (Wildman–Crippen MR) is 122 cm³/mol. The summed E-state index contributed by atoms with van der Waals surface area (Å²) < 4.78 is 2.99. The molecule has 30 heavy (non-hydrogen) atoms. The molecule has 0 aliphatic heterocycles. The number of nitrogens with one attached hydrogen (secondary N) is 1. The van der Waals surface area contributed by atoms with E-state index in [4.69, 9.17) is 12.2 Å².